The Bertz CT molecular complexity index is 898. The van der Waals surface area contributed by atoms with Crippen molar-refractivity contribution >= 4 is 22.9 Å². The summed E-state index contributed by atoms with van der Waals surface area (Å²) >= 11 is 0. The molecule has 3 aliphatic rings. The summed E-state index contributed by atoms with van der Waals surface area (Å²) < 4.78 is 11.2. The average molecular weight is 369 g/mol. The standard InChI is InChI=1S/C20H23N3O4/c24-17(13-23-10-12-26-19(23)25)22-8-6-20(7-9-22)18-15(5-11-27-20)14-3-1-2-4-16(14)21-18/h1-4,21H,5-13H2. The van der Waals surface area contributed by atoms with Crippen LogP contribution in [0.2, 0.25) is 0 Å². The van der Waals surface area contributed by atoms with Crippen molar-refractivity contribution in [1.29, 1.82) is 0 Å². The number of piperidine rings is 1. The van der Waals surface area contributed by atoms with Crippen LogP contribution in [0.4, 0.5) is 4.79 Å². The van der Waals surface area contributed by atoms with Gasteiger partial charge in [0.1, 0.15) is 18.8 Å². The van der Waals surface area contributed by atoms with Crippen LogP contribution in [0.5, 0.6) is 0 Å². The Labute approximate surface area is 157 Å². The molecule has 0 bridgehead atoms. The third-order valence-corrected chi connectivity index (χ3v) is 6.09. The zero-order chi connectivity index (χ0) is 18.4. The molecule has 0 atom stereocenters. The van der Waals surface area contributed by atoms with E-state index in [4.69, 9.17) is 9.47 Å². The van der Waals surface area contributed by atoms with Gasteiger partial charge in [-0.25, -0.2) is 4.79 Å². The minimum atomic E-state index is -0.393. The van der Waals surface area contributed by atoms with Gasteiger partial charge in [0.15, 0.2) is 0 Å². The molecule has 2 amide bonds. The summed E-state index contributed by atoms with van der Waals surface area (Å²) in [5.74, 6) is -0.0172. The van der Waals surface area contributed by atoms with E-state index in [1.807, 2.05) is 11.0 Å². The Kier molecular flexibility index (Phi) is 3.86. The monoisotopic (exact) mass is 369 g/mol. The number of amides is 2. The second-order valence-electron chi connectivity index (χ2n) is 7.53. The first-order valence-electron chi connectivity index (χ1n) is 9.60. The number of para-hydroxylation sites is 1. The summed E-state index contributed by atoms with van der Waals surface area (Å²) in [4.78, 5) is 31.1. The van der Waals surface area contributed by atoms with E-state index in [-0.39, 0.29) is 18.1 Å². The van der Waals surface area contributed by atoms with Gasteiger partial charge in [-0.3, -0.25) is 9.69 Å². The maximum atomic E-state index is 12.6. The van der Waals surface area contributed by atoms with Crippen molar-refractivity contribution in [2.45, 2.75) is 24.9 Å². The largest absolute Gasteiger partial charge is 0.448 e. The first-order chi connectivity index (χ1) is 13.2. The molecule has 142 valence electrons. The Morgan fingerprint density at radius 1 is 1.15 bits per heavy atom. The molecule has 7 nitrogen and oxygen atoms in total. The van der Waals surface area contributed by atoms with Crippen LogP contribution in [0, 0.1) is 0 Å². The predicted molar refractivity (Wildman–Crippen MR) is 98.4 cm³/mol. The van der Waals surface area contributed by atoms with Crippen molar-refractivity contribution in [3.05, 3.63) is 35.5 Å². The number of carbonyl (C=O) groups is 2. The van der Waals surface area contributed by atoms with E-state index in [0.29, 0.717) is 32.8 Å². The fourth-order valence-corrected chi connectivity index (χ4v) is 4.61. The number of aromatic nitrogens is 1. The number of fused-ring (bicyclic) bond motifs is 4. The van der Waals surface area contributed by atoms with Gasteiger partial charge in [0, 0.05) is 24.0 Å². The highest BCUT2D eigenvalue weighted by Gasteiger charge is 2.43. The number of aromatic amines is 1. The highest BCUT2D eigenvalue weighted by atomic mass is 16.6. The zero-order valence-electron chi connectivity index (χ0n) is 15.2. The van der Waals surface area contributed by atoms with Crippen LogP contribution >= 0.6 is 0 Å². The van der Waals surface area contributed by atoms with Crippen molar-refractivity contribution in [2.24, 2.45) is 0 Å². The summed E-state index contributed by atoms with van der Waals surface area (Å²) in [6.45, 7) is 2.94. The number of carbonyl (C=O) groups excluding carboxylic acids is 2. The molecule has 2 fully saturated rings. The lowest BCUT2D eigenvalue weighted by Crippen LogP contribution is -2.50. The third-order valence-electron chi connectivity index (χ3n) is 6.09. The van der Waals surface area contributed by atoms with Crippen LogP contribution in [0.25, 0.3) is 10.9 Å². The molecule has 0 saturated carbocycles. The molecule has 3 aliphatic heterocycles. The summed E-state index contributed by atoms with van der Waals surface area (Å²) in [6, 6.07) is 8.39. The van der Waals surface area contributed by atoms with Crippen LogP contribution in [-0.2, 0) is 26.3 Å². The third kappa shape index (κ3) is 2.68. The topological polar surface area (TPSA) is 74.9 Å². The fraction of sp³-hybridized carbons (Fsp3) is 0.500. The van der Waals surface area contributed by atoms with Gasteiger partial charge in [-0.1, -0.05) is 18.2 Å². The number of ether oxygens (including phenoxy) is 2. The maximum Gasteiger partial charge on any atom is 0.410 e. The minimum Gasteiger partial charge on any atom is -0.448 e. The summed E-state index contributed by atoms with van der Waals surface area (Å²) in [5, 5.41) is 1.28. The molecule has 5 rings (SSSR count). The molecule has 0 unspecified atom stereocenters. The molecule has 1 spiro atoms. The number of rotatable bonds is 2. The quantitative estimate of drug-likeness (QED) is 0.879. The molecule has 0 aliphatic carbocycles. The molecular formula is C20H23N3O4. The van der Waals surface area contributed by atoms with E-state index in [2.05, 4.69) is 23.2 Å². The van der Waals surface area contributed by atoms with E-state index in [9.17, 15) is 9.59 Å². The van der Waals surface area contributed by atoms with E-state index in [1.165, 1.54) is 21.5 Å². The Hall–Kier alpha value is -2.54. The van der Waals surface area contributed by atoms with E-state index >= 15 is 0 Å². The van der Waals surface area contributed by atoms with E-state index < -0.39 is 6.09 Å². The molecule has 1 aromatic carbocycles. The summed E-state index contributed by atoms with van der Waals surface area (Å²) in [5.41, 5.74) is 3.36. The second kappa shape index (κ2) is 6.27. The van der Waals surface area contributed by atoms with Gasteiger partial charge < -0.3 is 19.4 Å². The summed E-state index contributed by atoms with van der Waals surface area (Å²) in [6.07, 6.45) is 2.06. The molecule has 2 aromatic rings. The Morgan fingerprint density at radius 3 is 2.74 bits per heavy atom. The molecule has 7 heteroatoms. The van der Waals surface area contributed by atoms with Crippen molar-refractivity contribution in [3.8, 4) is 0 Å². The van der Waals surface area contributed by atoms with Gasteiger partial charge in [-0.2, -0.15) is 0 Å². The molecule has 0 radical (unpaired) electrons. The lowest BCUT2D eigenvalue weighted by Gasteiger charge is -2.44. The second-order valence-corrected chi connectivity index (χ2v) is 7.53. The number of nitrogens with one attached hydrogen (secondary N) is 1. The van der Waals surface area contributed by atoms with Crippen molar-refractivity contribution in [2.75, 3.05) is 39.4 Å². The first kappa shape index (κ1) is 16.6. The van der Waals surface area contributed by atoms with Gasteiger partial charge in [-0.15, -0.1) is 0 Å². The average Bonchev–Trinajstić information content (AvgIpc) is 3.27. The molecular weight excluding hydrogens is 346 g/mol. The highest BCUT2D eigenvalue weighted by molar-refractivity contribution is 5.85. The SMILES string of the molecule is O=C(CN1CCOC1=O)N1CCC2(CC1)OCCc1c2[nH]c2ccccc12. The number of H-pyrrole nitrogens is 1. The zero-order valence-corrected chi connectivity index (χ0v) is 15.2. The fourth-order valence-electron chi connectivity index (χ4n) is 4.61. The number of nitrogens with zero attached hydrogens (tertiary/aromatic N) is 2. The van der Waals surface area contributed by atoms with Crippen molar-refractivity contribution in [3.63, 3.8) is 0 Å². The molecule has 1 aromatic heterocycles. The van der Waals surface area contributed by atoms with Gasteiger partial charge >= 0.3 is 6.09 Å². The predicted octanol–water partition coefficient (Wildman–Crippen LogP) is 2.01. The smallest absolute Gasteiger partial charge is 0.410 e. The van der Waals surface area contributed by atoms with Crippen LogP contribution in [-0.4, -0.2) is 66.2 Å². The van der Waals surface area contributed by atoms with Crippen LogP contribution < -0.4 is 0 Å². The molecule has 27 heavy (non-hydrogen) atoms. The van der Waals surface area contributed by atoms with Gasteiger partial charge in [0.25, 0.3) is 0 Å². The van der Waals surface area contributed by atoms with Crippen molar-refractivity contribution in [1.82, 2.24) is 14.8 Å². The summed E-state index contributed by atoms with van der Waals surface area (Å²) in [7, 11) is 0. The number of hydrogen-bond donors (Lipinski definition) is 1. The lowest BCUT2D eigenvalue weighted by atomic mass is 9.83. The minimum absolute atomic E-state index is 0.0172. The van der Waals surface area contributed by atoms with E-state index in [1.54, 1.807) is 0 Å². The maximum absolute atomic E-state index is 12.6. The number of cyclic esters (lactones) is 1. The first-order valence-corrected chi connectivity index (χ1v) is 9.60. The van der Waals surface area contributed by atoms with Gasteiger partial charge in [0.2, 0.25) is 5.91 Å². The molecule has 2 saturated heterocycles. The number of benzene rings is 1. The molecule has 1 N–H and O–H groups in total. The van der Waals surface area contributed by atoms with Crippen molar-refractivity contribution < 1.29 is 19.1 Å². The molecule has 4 heterocycles. The van der Waals surface area contributed by atoms with Crippen LogP contribution in [0.15, 0.2) is 24.3 Å². The van der Waals surface area contributed by atoms with E-state index in [0.717, 1.165) is 24.8 Å². The lowest BCUT2D eigenvalue weighted by molar-refractivity contribution is -0.141. The number of hydrogen-bond acceptors (Lipinski definition) is 4. The Balaban J connectivity index is 1.33. The number of likely N-dealkylation sites (tertiary alicyclic amines) is 1. The Morgan fingerprint density at radius 2 is 1.96 bits per heavy atom. The normalized spacial score (nSPS) is 21.6. The van der Waals surface area contributed by atoms with Gasteiger partial charge in [0.05, 0.1) is 18.8 Å². The highest BCUT2D eigenvalue weighted by Crippen LogP contribution is 2.43. The van der Waals surface area contributed by atoms with Crippen LogP contribution in [0.1, 0.15) is 24.1 Å². The van der Waals surface area contributed by atoms with Crippen LogP contribution in [0.3, 0.4) is 0 Å². The van der Waals surface area contributed by atoms with Gasteiger partial charge in [-0.05, 0) is 30.9 Å².